The van der Waals surface area contributed by atoms with E-state index in [1.54, 1.807) is 4.90 Å². The van der Waals surface area contributed by atoms with Crippen LogP contribution in [0.5, 0.6) is 11.5 Å². The Labute approximate surface area is 189 Å². The number of rotatable bonds is 7. The van der Waals surface area contributed by atoms with E-state index in [1.807, 2.05) is 55.5 Å². The zero-order valence-electron chi connectivity index (χ0n) is 16.5. The van der Waals surface area contributed by atoms with E-state index < -0.39 is 0 Å². The number of nitrogens with zero attached hydrogens (tertiary/aromatic N) is 1. The van der Waals surface area contributed by atoms with Crippen LogP contribution in [0.15, 0.2) is 51.8 Å². The predicted octanol–water partition coefficient (Wildman–Crippen LogP) is 6.29. The van der Waals surface area contributed by atoms with Gasteiger partial charge in [-0.25, -0.2) is 0 Å². The second-order valence-electron chi connectivity index (χ2n) is 6.84. The van der Waals surface area contributed by atoms with Crippen LogP contribution in [0.4, 0.5) is 5.69 Å². The Morgan fingerprint density at radius 2 is 1.97 bits per heavy atom. The molecule has 7 heteroatoms. The van der Waals surface area contributed by atoms with E-state index in [1.165, 1.54) is 11.8 Å². The molecule has 0 atom stereocenters. The third-order valence-electron chi connectivity index (χ3n) is 4.00. The minimum Gasteiger partial charge on any atom is -0.490 e. The number of hydrogen-bond donors (Lipinski definition) is 0. The summed E-state index contributed by atoms with van der Waals surface area (Å²) in [6, 6.07) is 13.2. The molecular formula is C22H22BrNO3S2. The van der Waals surface area contributed by atoms with Crippen molar-refractivity contribution in [2.24, 2.45) is 5.92 Å². The van der Waals surface area contributed by atoms with Crippen LogP contribution in [0.1, 0.15) is 26.3 Å². The Kier molecular flexibility index (Phi) is 7.38. The van der Waals surface area contributed by atoms with Crippen LogP contribution in [-0.4, -0.2) is 23.4 Å². The van der Waals surface area contributed by atoms with Gasteiger partial charge in [-0.2, -0.15) is 0 Å². The van der Waals surface area contributed by atoms with Crippen molar-refractivity contribution in [3.8, 4) is 11.5 Å². The lowest BCUT2D eigenvalue weighted by Gasteiger charge is -2.15. The quantitative estimate of drug-likeness (QED) is 0.336. The first-order valence-electron chi connectivity index (χ1n) is 9.32. The highest BCUT2D eigenvalue weighted by molar-refractivity contribution is 9.10. The van der Waals surface area contributed by atoms with Crippen LogP contribution in [0.25, 0.3) is 6.08 Å². The zero-order chi connectivity index (χ0) is 21.0. The summed E-state index contributed by atoms with van der Waals surface area (Å²) in [4.78, 5) is 15.1. The molecule has 2 aromatic rings. The molecule has 0 unspecified atom stereocenters. The number of carbonyl (C=O) groups excluding carboxylic acids is 1. The van der Waals surface area contributed by atoms with Crippen LogP contribution in [0, 0.1) is 5.92 Å². The first kappa shape index (κ1) is 21.9. The molecule has 152 valence electrons. The number of ether oxygens (including phenoxy) is 2. The molecule has 0 bridgehead atoms. The molecule has 0 aliphatic carbocycles. The largest absolute Gasteiger partial charge is 0.490 e. The first-order valence-corrected chi connectivity index (χ1v) is 11.3. The van der Waals surface area contributed by atoms with Crippen LogP contribution in [0.3, 0.4) is 0 Å². The molecule has 1 fully saturated rings. The van der Waals surface area contributed by atoms with Crippen molar-refractivity contribution >= 4 is 61.9 Å². The molecule has 0 N–H and O–H groups in total. The monoisotopic (exact) mass is 491 g/mol. The minimum absolute atomic E-state index is 0.129. The average molecular weight is 492 g/mol. The number of hydrogen-bond acceptors (Lipinski definition) is 5. The van der Waals surface area contributed by atoms with Crippen LogP contribution in [-0.2, 0) is 4.79 Å². The smallest absolute Gasteiger partial charge is 0.270 e. The molecule has 2 aromatic carbocycles. The lowest BCUT2D eigenvalue weighted by atomic mass is 10.1. The maximum absolute atomic E-state index is 13.0. The highest BCUT2D eigenvalue weighted by Crippen LogP contribution is 2.38. The van der Waals surface area contributed by atoms with E-state index in [0.717, 1.165) is 15.7 Å². The zero-order valence-corrected chi connectivity index (χ0v) is 19.7. The summed E-state index contributed by atoms with van der Waals surface area (Å²) < 4.78 is 13.0. The molecule has 0 saturated carbocycles. The highest BCUT2D eigenvalue weighted by atomic mass is 79.9. The molecular weight excluding hydrogens is 470 g/mol. The molecule has 29 heavy (non-hydrogen) atoms. The van der Waals surface area contributed by atoms with Crippen molar-refractivity contribution in [1.29, 1.82) is 0 Å². The normalized spacial score (nSPS) is 15.5. The van der Waals surface area contributed by atoms with Gasteiger partial charge in [-0.15, -0.1) is 0 Å². The summed E-state index contributed by atoms with van der Waals surface area (Å²) in [5.41, 5.74) is 1.61. The lowest BCUT2D eigenvalue weighted by Crippen LogP contribution is -2.27. The van der Waals surface area contributed by atoms with Gasteiger partial charge in [0.25, 0.3) is 5.91 Å². The molecule has 1 aliphatic rings. The van der Waals surface area contributed by atoms with Crippen molar-refractivity contribution in [3.05, 3.63) is 57.4 Å². The Bertz CT molecular complexity index is 959. The van der Waals surface area contributed by atoms with Crippen LogP contribution >= 0.6 is 39.9 Å². The van der Waals surface area contributed by atoms with Gasteiger partial charge in [0.2, 0.25) is 0 Å². The van der Waals surface area contributed by atoms with Crippen molar-refractivity contribution in [1.82, 2.24) is 0 Å². The standard InChI is InChI=1S/C22H22BrNO3S2/c1-4-26-19-10-15(8-9-18(19)27-13-14(2)3)11-20-21(25)24(22(28)29-20)17-7-5-6-16(23)12-17/h5-12,14H,4,13H2,1-3H3/b20-11-. The molecule has 1 aliphatic heterocycles. The second-order valence-corrected chi connectivity index (χ2v) is 9.43. The Morgan fingerprint density at radius 1 is 1.17 bits per heavy atom. The third kappa shape index (κ3) is 5.41. The summed E-state index contributed by atoms with van der Waals surface area (Å²) >= 11 is 10.2. The summed E-state index contributed by atoms with van der Waals surface area (Å²) in [6.07, 6.45) is 1.84. The maximum atomic E-state index is 13.0. The third-order valence-corrected chi connectivity index (χ3v) is 5.79. The number of thiocarbonyl (C=S) groups is 1. The van der Waals surface area contributed by atoms with E-state index in [0.29, 0.717) is 39.9 Å². The van der Waals surface area contributed by atoms with Gasteiger partial charge in [0, 0.05) is 4.47 Å². The molecule has 3 rings (SSSR count). The lowest BCUT2D eigenvalue weighted by molar-refractivity contribution is -0.113. The van der Waals surface area contributed by atoms with Gasteiger partial charge in [0.1, 0.15) is 0 Å². The minimum atomic E-state index is -0.129. The predicted molar refractivity (Wildman–Crippen MR) is 128 cm³/mol. The van der Waals surface area contributed by atoms with Crippen LogP contribution < -0.4 is 14.4 Å². The summed E-state index contributed by atoms with van der Waals surface area (Å²) in [5.74, 6) is 1.67. The number of benzene rings is 2. The number of carbonyl (C=O) groups is 1. The molecule has 0 aromatic heterocycles. The van der Waals surface area contributed by atoms with Gasteiger partial charge >= 0.3 is 0 Å². The van der Waals surface area contributed by atoms with E-state index >= 15 is 0 Å². The van der Waals surface area contributed by atoms with Gasteiger partial charge in [-0.1, -0.05) is 65.9 Å². The van der Waals surface area contributed by atoms with E-state index in [-0.39, 0.29) is 5.91 Å². The first-order chi connectivity index (χ1) is 13.9. The molecule has 0 spiro atoms. The fourth-order valence-corrected chi connectivity index (χ4v) is 4.40. The summed E-state index contributed by atoms with van der Waals surface area (Å²) in [7, 11) is 0. The molecule has 1 heterocycles. The molecule has 1 saturated heterocycles. The average Bonchev–Trinajstić information content (AvgIpc) is 2.94. The van der Waals surface area contributed by atoms with Crippen molar-refractivity contribution < 1.29 is 14.3 Å². The SMILES string of the molecule is CCOc1cc(/C=C2\SC(=S)N(c3cccc(Br)c3)C2=O)ccc1OCC(C)C. The number of amides is 1. The highest BCUT2D eigenvalue weighted by Gasteiger charge is 2.33. The molecule has 0 radical (unpaired) electrons. The van der Waals surface area contributed by atoms with E-state index in [2.05, 4.69) is 29.8 Å². The number of halogens is 1. The molecule has 4 nitrogen and oxygen atoms in total. The fraction of sp³-hybridized carbons (Fsp3) is 0.273. The van der Waals surface area contributed by atoms with E-state index in [4.69, 9.17) is 21.7 Å². The number of thioether (sulfide) groups is 1. The topological polar surface area (TPSA) is 38.8 Å². The van der Waals surface area contributed by atoms with Crippen LogP contribution in [0.2, 0.25) is 0 Å². The van der Waals surface area contributed by atoms with Crippen molar-refractivity contribution in [3.63, 3.8) is 0 Å². The Morgan fingerprint density at radius 3 is 2.66 bits per heavy atom. The van der Waals surface area contributed by atoms with Crippen molar-refractivity contribution in [2.75, 3.05) is 18.1 Å². The maximum Gasteiger partial charge on any atom is 0.270 e. The van der Waals surface area contributed by atoms with Crippen molar-refractivity contribution in [2.45, 2.75) is 20.8 Å². The van der Waals surface area contributed by atoms with Gasteiger partial charge in [0.15, 0.2) is 15.8 Å². The summed E-state index contributed by atoms with van der Waals surface area (Å²) in [5, 5.41) is 0. The number of anilines is 1. The van der Waals surface area contributed by atoms with Gasteiger partial charge < -0.3 is 9.47 Å². The Balaban J connectivity index is 1.86. The van der Waals surface area contributed by atoms with Gasteiger partial charge in [0.05, 0.1) is 23.8 Å². The molecule has 1 amide bonds. The fourth-order valence-electron chi connectivity index (χ4n) is 2.72. The Hall–Kier alpha value is -1.83. The van der Waals surface area contributed by atoms with Gasteiger partial charge in [-0.05, 0) is 54.8 Å². The summed E-state index contributed by atoms with van der Waals surface area (Å²) in [6.45, 7) is 7.28. The van der Waals surface area contributed by atoms with E-state index in [9.17, 15) is 4.79 Å². The van der Waals surface area contributed by atoms with Gasteiger partial charge in [-0.3, -0.25) is 9.69 Å². The second kappa shape index (κ2) is 9.78.